The summed E-state index contributed by atoms with van der Waals surface area (Å²) in [7, 11) is 0. The van der Waals surface area contributed by atoms with Crippen LogP contribution >= 0.6 is 11.6 Å². The average molecular weight is 305 g/mol. The predicted molar refractivity (Wildman–Crippen MR) is 83.2 cm³/mol. The van der Waals surface area contributed by atoms with Crippen molar-refractivity contribution in [3.05, 3.63) is 70.0 Å². The fraction of sp³-hybridized carbons (Fsp3) is 0.333. The minimum Gasteiger partial charge on any atom is -0.392 e. The van der Waals surface area contributed by atoms with Gasteiger partial charge >= 0.3 is 0 Å². The van der Waals surface area contributed by atoms with Crippen LogP contribution in [-0.4, -0.2) is 11.2 Å². The molecule has 110 valence electrons. The lowest BCUT2D eigenvalue weighted by molar-refractivity contribution is 0.134. The Kier molecular flexibility index (Phi) is 4.27. The fourth-order valence-electron chi connectivity index (χ4n) is 3.25. The van der Waals surface area contributed by atoms with Crippen LogP contribution in [0.5, 0.6) is 0 Å². The molecule has 2 aromatic carbocycles. The van der Waals surface area contributed by atoms with Crippen LogP contribution in [0.4, 0.5) is 4.39 Å². The number of aryl methyl sites for hydroxylation is 1. The molecule has 3 rings (SSSR count). The molecular weight excluding hydrogens is 287 g/mol. The van der Waals surface area contributed by atoms with Crippen molar-refractivity contribution < 1.29 is 9.50 Å². The normalized spacial score (nSPS) is 19.1. The molecule has 1 aliphatic carbocycles. The Labute approximate surface area is 129 Å². The van der Waals surface area contributed by atoms with Gasteiger partial charge in [-0.15, -0.1) is 0 Å². The third-order valence-corrected chi connectivity index (χ3v) is 4.68. The molecule has 0 fully saturated rings. The monoisotopic (exact) mass is 304 g/mol. The van der Waals surface area contributed by atoms with Crippen molar-refractivity contribution in [1.29, 1.82) is 0 Å². The van der Waals surface area contributed by atoms with Crippen molar-refractivity contribution in [2.75, 3.05) is 0 Å². The number of rotatable bonds is 3. The minimum atomic E-state index is -0.491. The SMILES string of the molecule is OC(Cc1ccc(F)cc1Cl)C1CCCc2ccccc21. The second-order valence-electron chi connectivity index (χ2n) is 5.70. The van der Waals surface area contributed by atoms with Gasteiger partial charge in [0.2, 0.25) is 0 Å². The van der Waals surface area contributed by atoms with E-state index in [1.165, 1.54) is 23.3 Å². The highest BCUT2D eigenvalue weighted by atomic mass is 35.5. The standard InChI is InChI=1S/C18H18ClFO/c19-17-11-14(20)9-8-13(17)10-18(21)16-7-3-5-12-4-1-2-6-15(12)16/h1-2,4,6,8-9,11,16,18,21H,3,5,7,10H2. The molecule has 0 saturated carbocycles. The molecule has 0 spiro atoms. The van der Waals surface area contributed by atoms with Gasteiger partial charge < -0.3 is 5.11 Å². The molecule has 0 heterocycles. The van der Waals surface area contributed by atoms with Gasteiger partial charge in [0.15, 0.2) is 0 Å². The number of hydrogen-bond donors (Lipinski definition) is 1. The first-order valence-corrected chi connectivity index (χ1v) is 7.73. The van der Waals surface area contributed by atoms with E-state index in [1.54, 1.807) is 6.07 Å². The van der Waals surface area contributed by atoms with Crippen molar-refractivity contribution in [3.8, 4) is 0 Å². The van der Waals surface area contributed by atoms with Crippen molar-refractivity contribution >= 4 is 11.6 Å². The highest BCUT2D eigenvalue weighted by Gasteiger charge is 2.26. The van der Waals surface area contributed by atoms with Gasteiger partial charge in [0.05, 0.1) is 6.10 Å². The molecule has 1 aliphatic rings. The smallest absolute Gasteiger partial charge is 0.124 e. The number of aliphatic hydroxyl groups excluding tert-OH is 1. The van der Waals surface area contributed by atoms with Crippen LogP contribution in [0.3, 0.4) is 0 Å². The Balaban J connectivity index is 1.81. The van der Waals surface area contributed by atoms with Gasteiger partial charge in [0.25, 0.3) is 0 Å². The first-order chi connectivity index (χ1) is 10.1. The zero-order valence-corrected chi connectivity index (χ0v) is 12.5. The lowest BCUT2D eigenvalue weighted by atomic mass is 9.78. The minimum absolute atomic E-state index is 0.135. The van der Waals surface area contributed by atoms with Crippen molar-refractivity contribution in [2.45, 2.75) is 37.7 Å². The first-order valence-electron chi connectivity index (χ1n) is 7.35. The number of benzene rings is 2. The van der Waals surface area contributed by atoms with E-state index in [0.29, 0.717) is 11.4 Å². The molecule has 2 atom stereocenters. The van der Waals surface area contributed by atoms with E-state index in [4.69, 9.17) is 11.6 Å². The van der Waals surface area contributed by atoms with Crippen LogP contribution in [0.15, 0.2) is 42.5 Å². The molecule has 0 aliphatic heterocycles. The van der Waals surface area contributed by atoms with Gasteiger partial charge in [-0.2, -0.15) is 0 Å². The zero-order valence-electron chi connectivity index (χ0n) is 11.7. The van der Waals surface area contributed by atoms with E-state index >= 15 is 0 Å². The molecule has 3 heteroatoms. The maximum atomic E-state index is 13.1. The van der Waals surface area contributed by atoms with E-state index in [0.717, 1.165) is 24.8 Å². The van der Waals surface area contributed by atoms with E-state index in [2.05, 4.69) is 12.1 Å². The van der Waals surface area contributed by atoms with Gasteiger partial charge in [0, 0.05) is 17.4 Å². The summed E-state index contributed by atoms with van der Waals surface area (Å²) in [5.41, 5.74) is 3.38. The Bertz CT molecular complexity index is 641. The van der Waals surface area contributed by atoms with Gasteiger partial charge in [-0.25, -0.2) is 4.39 Å². The maximum Gasteiger partial charge on any atom is 0.124 e. The van der Waals surface area contributed by atoms with Crippen molar-refractivity contribution in [3.63, 3.8) is 0 Å². The molecule has 2 unspecified atom stereocenters. The van der Waals surface area contributed by atoms with Gasteiger partial charge in [-0.3, -0.25) is 0 Å². The predicted octanol–water partition coefficient (Wildman–Crippen LogP) is 4.50. The Morgan fingerprint density at radius 1 is 1.24 bits per heavy atom. The summed E-state index contributed by atoms with van der Waals surface area (Å²) in [5.74, 6) is -0.211. The van der Waals surface area contributed by atoms with E-state index in [1.807, 2.05) is 12.1 Å². The van der Waals surface area contributed by atoms with Crippen LogP contribution in [0.25, 0.3) is 0 Å². The summed E-state index contributed by atoms with van der Waals surface area (Å²) in [6, 6.07) is 12.7. The van der Waals surface area contributed by atoms with Crippen molar-refractivity contribution in [1.82, 2.24) is 0 Å². The number of hydrogen-bond acceptors (Lipinski definition) is 1. The molecule has 0 bridgehead atoms. The average Bonchev–Trinajstić information content (AvgIpc) is 2.49. The largest absolute Gasteiger partial charge is 0.392 e. The quantitative estimate of drug-likeness (QED) is 0.885. The molecule has 2 aromatic rings. The molecule has 0 aromatic heterocycles. The second-order valence-corrected chi connectivity index (χ2v) is 6.11. The lowest BCUT2D eigenvalue weighted by Crippen LogP contribution is -2.25. The van der Waals surface area contributed by atoms with Crippen LogP contribution < -0.4 is 0 Å². The Hall–Kier alpha value is -1.38. The molecule has 1 N–H and O–H groups in total. The topological polar surface area (TPSA) is 20.2 Å². The molecule has 21 heavy (non-hydrogen) atoms. The number of fused-ring (bicyclic) bond motifs is 1. The highest BCUT2D eigenvalue weighted by molar-refractivity contribution is 6.31. The molecular formula is C18H18ClFO. The van der Waals surface area contributed by atoms with Crippen LogP contribution in [0.1, 0.15) is 35.4 Å². The Morgan fingerprint density at radius 3 is 2.86 bits per heavy atom. The van der Waals surface area contributed by atoms with E-state index in [9.17, 15) is 9.50 Å². The number of aliphatic hydroxyl groups is 1. The molecule has 0 amide bonds. The zero-order chi connectivity index (χ0) is 14.8. The first kappa shape index (κ1) is 14.6. The van der Waals surface area contributed by atoms with E-state index < -0.39 is 6.10 Å². The van der Waals surface area contributed by atoms with Crippen LogP contribution in [0, 0.1) is 5.82 Å². The maximum absolute atomic E-state index is 13.1. The van der Waals surface area contributed by atoms with Crippen molar-refractivity contribution in [2.24, 2.45) is 0 Å². The summed E-state index contributed by atoms with van der Waals surface area (Å²) >= 11 is 6.06. The summed E-state index contributed by atoms with van der Waals surface area (Å²) < 4.78 is 13.1. The third-order valence-electron chi connectivity index (χ3n) is 4.32. The van der Waals surface area contributed by atoms with Gasteiger partial charge in [-0.1, -0.05) is 41.9 Å². The summed E-state index contributed by atoms with van der Waals surface area (Å²) in [5, 5.41) is 11.0. The summed E-state index contributed by atoms with van der Waals surface area (Å²) in [6.45, 7) is 0. The van der Waals surface area contributed by atoms with Crippen LogP contribution in [0.2, 0.25) is 5.02 Å². The highest BCUT2D eigenvalue weighted by Crippen LogP contribution is 2.35. The lowest BCUT2D eigenvalue weighted by Gasteiger charge is -2.29. The van der Waals surface area contributed by atoms with Gasteiger partial charge in [0.1, 0.15) is 5.82 Å². The van der Waals surface area contributed by atoms with E-state index in [-0.39, 0.29) is 11.7 Å². The summed E-state index contributed by atoms with van der Waals surface area (Å²) in [6.07, 6.45) is 3.12. The third kappa shape index (κ3) is 3.12. The molecule has 1 nitrogen and oxygen atoms in total. The molecule has 0 saturated heterocycles. The second kappa shape index (κ2) is 6.17. The molecule has 0 radical (unpaired) electrons. The van der Waals surface area contributed by atoms with Crippen LogP contribution in [-0.2, 0) is 12.8 Å². The number of halogens is 2. The fourth-order valence-corrected chi connectivity index (χ4v) is 3.49. The van der Waals surface area contributed by atoms with Gasteiger partial charge in [-0.05, 0) is 48.1 Å². The summed E-state index contributed by atoms with van der Waals surface area (Å²) in [4.78, 5) is 0. The Morgan fingerprint density at radius 2 is 2.05 bits per heavy atom.